The van der Waals surface area contributed by atoms with Crippen molar-refractivity contribution < 1.29 is 9.59 Å². The van der Waals surface area contributed by atoms with Crippen molar-refractivity contribution in [1.29, 1.82) is 0 Å². The van der Waals surface area contributed by atoms with E-state index in [4.69, 9.17) is 0 Å². The molecule has 1 fully saturated rings. The Morgan fingerprint density at radius 1 is 1.18 bits per heavy atom. The van der Waals surface area contributed by atoms with Crippen LogP contribution in [-0.4, -0.2) is 41.3 Å². The van der Waals surface area contributed by atoms with Gasteiger partial charge in [-0.3, -0.25) is 14.4 Å². The van der Waals surface area contributed by atoms with Crippen molar-refractivity contribution in [2.75, 3.05) is 13.6 Å². The van der Waals surface area contributed by atoms with Gasteiger partial charge in [-0.1, -0.05) is 0 Å². The highest BCUT2D eigenvalue weighted by Gasteiger charge is 2.34. The zero-order valence-corrected chi connectivity index (χ0v) is 13.6. The second-order valence-electron chi connectivity index (χ2n) is 5.83. The summed E-state index contributed by atoms with van der Waals surface area (Å²) in [5.41, 5.74) is 2.12. The van der Waals surface area contributed by atoms with E-state index in [0.29, 0.717) is 18.5 Å². The van der Waals surface area contributed by atoms with E-state index in [1.165, 1.54) is 4.90 Å². The van der Waals surface area contributed by atoms with Crippen LogP contribution < -0.4 is 10.9 Å². The number of H-pyrrole nitrogens is 1. The lowest BCUT2D eigenvalue weighted by Crippen LogP contribution is -2.52. The maximum atomic E-state index is 12.9. The summed E-state index contributed by atoms with van der Waals surface area (Å²) in [5.74, 6) is -0.527. The van der Waals surface area contributed by atoms with Gasteiger partial charge < -0.3 is 15.2 Å². The largest absolute Gasteiger partial charge is 0.357 e. The van der Waals surface area contributed by atoms with E-state index in [1.807, 2.05) is 13.8 Å². The molecular weight excluding hydrogens is 282 g/mol. The van der Waals surface area contributed by atoms with Gasteiger partial charge in [-0.2, -0.15) is 0 Å². The maximum absolute atomic E-state index is 12.9. The van der Waals surface area contributed by atoms with E-state index < -0.39 is 6.04 Å². The van der Waals surface area contributed by atoms with Crippen LogP contribution in [0.2, 0.25) is 0 Å². The van der Waals surface area contributed by atoms with Crippen LogP contribution in [-0.2, 0) is 4.79 Å². The number of piperidine rings is 1. The quantitative estimate of drug-likeness (QED) is 0.856. The average molecular weight is 305 g/mol. The molecular formula is C16H23N3O3. The predicted octanol–water partition coefficient (Wildman–Crippen LogP) is 1.04. The second-order valence-corrected chi connectivity index (χ2v) is 5.83. The fraction of sp³-hybridized carbons (Fsp3) is 0.562. The number of nitrogens with zero attached hydrogens (tertiary/aromatic N) is 1. The topological polar surface area (TPSA) is 82.3 Å². The number of hydrogen-bond acceptors (Lipinski definition) is 3. The van der Waals surface area contributed by atoms with E-state index in [0.717, 1.165) is 24.1 Å². The minimum Gasteiger partial charge on any atom is -0.357 e. The first kappa shape index (κ1) is 16.3. The van der Waals surface area contributed by atoms with Crippen LogP contribution in [0, 0.1) is 20.8 Å². The number of rotatable bonds is 2. The molecule has 1 aromatic rings. The zero-order chi connectivity index (χ0) is 16.4. The Hall–Kier alpha value is -2.11. The van der Waals surface area contributed by atoms with Crippen molar-refractivity contribution in [3.63, 3.8) is 0 Å². The molecule has 2 heterocycles. The normalized spacial score (nSPS) is 18.2. The number of aromatic nitrogens is 1. The molecule has 22 heavy (non-hydrogen) atoms. The van der Waals surface area contributed by atoms with Crippen LogP contribution >= 0.6 is 0 Å². The standard InChI is InChI=1S/C16H23N3O3/c1-9-10(2)13(15(21)18-11(9)3)16(22)19-8-6-5-7-12(19)14(20)17-4/h12H,5-8H2,1-4H3,(H,17,20)(H,18,21)/t12-/m1/s1. The van der Waals surface area contributed by atoms with Gasteiger partial charge in [0.05, 0.1) is 0 Å². The molecule has 0 aliphatic carbocycles. The number of amides is 2. The van der Waals surface area contributed by atoms with Crippen LogP contribution in [0.4, 0.5) is 0 Å². The molecule has 0 spiro atoms. The smallest absolute Gasteiger partial charge is 0.261 e. The molecule has 1 atom stereocenters. The highest BCUT2D eigenvalue weighted by molar-refractivity contribution is 5.98. The van der Waals surface area contributed by atoms with Crippen LogP contribution in [0.1, 0.15) is 46.4 Å². The number of carbonyl (C=O) groups excluding carboxylic acids is 2. The van der Waals surface area contributed by atoms with Gasteiger partial charge in [0.2, 0.25) is 5.91 Å². The zero-order valence-electron chi connectivity index (χ0n) is 13.6. The van der Waals surface area contributed by atoms with Crippen LogP contribution in [0.25, 0.3) is 0 Å². The lowest BCUT2D eigenvalue weighted by Gasteiger charge is -2.34. The molecule has 0 radical (unpaired) electrons. The third kappa shape index (κ3) is 2.77. The van der Waals surface area contributed by atoms with Gasteiger partial charge in [0.15, 0.2) is 0 Å². The molecule has 6 heteroatoms. The second kappa shape index (κ2) is 6.34. The number of aromatic amines is 1. The predicted molar refractivity (Wildman–Crippen MR) is 84.0 cm³/mol. The number of pyridine rings is 1. The number of nitrogens with one attached hydrogen (secondary N) is 2. The fourth-order valence-electron chi connectivity index (χ4n) is 2.98. The molecule has 1 aliphatic rings. The number of likely N-dealkylation sites (tertiary alicyclic amines) is 1. The lowest BCUT2D eigenvalue weighted by atomic mass is 9.98. The van der Waals surface area contributed by atoms with E-state index in [2.05, 4.69) is 10.3 Å². The van der Waals surface area contributed by atoms with Gasteiger partial charge in [0.25, 0.3) is 11.5 Å². The van der Waals surface area contributed by atoms with Crippen molar-refractivity contribution in [3.05, 3.63) is 32.7 Å². The van der Waals surface area contributed by atoms with Crippen molar-refractivity contribution in [2.45, 2.75) is 46.1 Å². The lowest BCUT2D eigenvalue weighted by molar-refractivity contribution is -0.126. The Bertz CT molecular complexity index is 663. The van der Waals surface area contributed by atoms with Crippen molar-refractivity contribution in [3.8, 4) is 0 Å². The van der Waals surface area contributed by atoms with Crippen molar-refractivity contribution in [2.24, 2.45) is 0 Å². The number of carbonyl (C=O) groups is 2. The molecule has 6 nitrogen and oxygen atoms in total. The van der Waals surface area contributed by atoms with Gasteiger partial charge in [-0.05, 0) is 51.2 Å². The SMILES string of the molecule is CNC(=O)[C@H]1CCCCN1C(=O)c1c(C)c(C)c(C)[nH]c1=O. The third-order valence-corrected chi connectivity index (χ3v) is 4.55. The summed E-state index contributed by atoms with van der Waals surface area (Å²) < 4.78 is 0. The van der Waals surface area contributed by atoms with Gasteiger partial charge in [0, 0.05) is 19.3 Å². The molecule has 2 rings (SSSR count). The van der Waals surface area contributed by atoms with E-state index in [9.17, 15) is 14.4 Å². The molecule has 0 unspecified atom stereocenters. The van der Waals surface area contributed by atoms with Crippen molar-refractivity contribution >= 4 is 11.8 Å². The highest BCUT2D eigenvalue weighted by Crippen LogP contribution is 2.21. The minimum atomic E-state index is -0.494. The molecule has 1 aliphatic heterocycles. The summed E-state index contributed by atoms with van der Waals surface area (Å²) in [7, 11) is 1.56. The molecule has 120 valence electrons. The molecule has 1 saturated heterocycles. The Kier molecular flexibility index (Phi) is 4.68. The molecule has 2 amide bonds. The molecule has 2 N–H and O–H groups in total. The first-order valence-corrected chi connectivity index (χ1v) is 7.61. The Morgan fingerprint density at radius 2 is 1.86 bits per heavy atom. The Balaban J connectivity index is 2.44. The summed E-state index contributed by atoms with van der Waals surface area (Å²) in [6.07, 6.45) is 2.39. The van der Waals surface area contributed by atoms with Crippen LogP contribution in [0.15, 0.2) is 4.79 Å². The minimum absolute atomic E-state index is 0.152. The summed E-state index contributed by atoms with van der Waals surface area (Å²) in [5, 5.41) is 2.60. The van der Waals surface area contributed by atoms with Gasteiger partial charge in [-0.25, -0.2) is 0 Å². The Labute approximate surface area is 129 Å². The molecule has 0 aromatic carbocycles. The fourth-order valence-corrected chi connectivity index (χ4v) is 2.98. The number of hydrogen-bond donors (Lipinski definition) is 2. The van der Waals surface area contributed by atoms with E-state index in [-0.39, 0.29) is 22.9 Å². The molecule has 0 bridgehead atoms. The monoisotopic (exact) mass is 305 g/mol. The first-order valence-electron chi connectivity index (χ1n) is 7.61. The van der Waals surface area contributed by atoms with E-state index >= 15 is 0 Å². The summed E-state index contributed by atoms with van der Waals surface area (Å²) in [6, 6.07) is -0.494. The van der Waals surface area contributed by atoms with Gasteiger partial charge >= 0.3 is 0 Å². The Morgan fingerprint density at radius 3 is 2.50 bits per heavy atom. The number of aryl methyl sites for hydroxylation is 1. The average Bonchev–Trinajstić information content (AvgIpc) is 2.51. The summed E-state index contributed by atoms with van der Waals surface area (Å²) in [4.78, 5) is 41.4. The molecule has 1 aromatic heterocycles. The third-order valence-electron chi connectivity index (χ3n) is 4.55. The highest BCUT2D eigenvalue weighted by atomic mass is 16.2. The van der Waals surface area contributed by atoms with Gasteiger partial charge in [-0.15, -0.1) is 0 Å². The van der Waals surface area contributed by atoms with Crippen LogP contribution in [0.5, 0.6) is 0 Å². The van der Waals surface area contributed by atoms with Crippen molar-refractivity contribution in [1.82, 2.24) is 15.2 Å². The summed E-state index contributed by atoms with van der Waals surface area (Å²) >= 11 is 0. The van der Waals surface area contributed by atoms with Crippen LogP contribution in [0.3, 0.4) is 0 Å². The maximum Gasteiger partial charge on any atom is 0.261 e. The van der Waals surface area contributed by atoms with Gasteiger partial charge in [0.1, 0.15) is 11.6 Å². The first-order chi connectivity index (χ1) is 10.4. The molecule has 0 saturated carbocycles. The number of likely N-dealkylation sites (N-methyl/N-ethyl adjacent to an activating group) is 1. The summed E-state index contributed by atoms with van der Waals surface area (Å²) in [6.45, 7) is 5.97. The van der Waals surface area contributed by atoms with E-state index in [1.54, 1.807) is 14.0 Å².